The fourth-order valence-corrected chi connectivity index (χ4v) is 2.58. The van der Waals surface area contributed by atoms with Crippen LogP contribution >= 0.6 is 0 Å². The molecule has 0 radical (unpaired) electrons. The highest BCUT2D eigenvalue weighted by molar-refractivity contribution is 5.68. The highest BCUT2D eigenvalue weighted by Crippen LogP contribution is 2.29. The topological polar surface area (TPSA) is 48.0 Å². The van der Waals surface area contributed by atoms with Crippen molar-refractivity contribution < 1.29 is 19.0 Å². The molecule has 0 bridgehead atoms. The summed E-state index contributed by atoms with van der Waals surface area (Å²) in [6.45, 7) is 7.88. The van der Waals surface area contributed by atoms with Crippen LogP contribution in [0, 0.1) is 0 Å². The van der Waals surface area contributed by atoms with Crippen LogP contribution in [0.15, 0.2) is 18.2 Å². The SMILES string of the molecule is COCCCc1cccc2c1OCCN(C(=O)OC(C)(C)C)C2. The van der Waals surface area contributed by atoms with Gasteiger partial charge < -0.3 is 19.1 Å². The first-order valence-electron chi connectivity index (χ1n) is 8.11. The number of carbonyl (C=O) groups excluding carboxylic acids is 1. The lowest BCUT2D eigenvalue weighted by Gasteiger charge is -2.26. The predicted molar refractivity (Wildman–Crippen MR) is 88.8 cm³/mol. The molecule has 2 rings (SSSR count). The molecule has 0 atom stereocenters. The summed E-state index contributed by atoms with van der Waals surface area (Å²) < 4.78 is 16.5. The Bertz CT molecular complexity index is 536. The van der Waals surface area contributed by atoms with E-state index in [1.54, 1.807) is 12.0 Å². The van der Waals surface area contributed by atoms with Gasteiger partial charge in [0.15, 0.2) is 0 Å². The minimum absolute atomic E-state index is 0.293. The second-order valence-electron chi connectivity index (χ2n) is 6.75. The molecule has 0 aliphatic carbocycles. The molecule has 5 nitrogen and oxygen atoms in total. The molecule has 1 aliphatic rings. The van der Waals surface area contributed by atoms with Crippen molar-refractivity contribution >= 4 is 6.09 Å². The van der Waals surface area contributed by atoms with Gasteiger partial charge in [-0.1, -0.05) is 18.2 Å². The Hall–Kier alpha value is -1.75. The summed E-state index contributed by atoms with van der Waals surface area (Å²) in [6.07, 6.45) is 1.56. The molecule has 0 saturated heterocycles. The largest absolute Gasteiger partial charge is 0.491 e. The third-order valence-electron chi connectivity index (χ3n) is 3.59. The Kier molecular flexibility index (Phi) is 5.88. The van der Waals surface area contributed by atoms with E-state index in [-0.39, 0.29) is 6.09 Å². The van der Waals surface area contributed by atoms with Crippen LogP contribution in [0.5, 0.6) is 5.75 Å². The normalized spacial score (nSPS) is 14.7. The van der Waals surface area contributed by atoms with E-state index in [9.17, 15) is 4.79 Å². The van der Waals surface area contributed by atoms with Gasteiger partial charge in [-0.05, 0) is 39.2 Å². The van der Waals surface area contributed by atoms with Crippen LogP contribution in [0.2, 0.25) is 0 Å². The minimum atomic E-state index is -0.491. The molecule has 1 aromatic carbocycles. The number of hydrogen-bond donors (Lipinski definition) is 0. The van der Waals surface area contributed by atoms with Crippen LogP contribution in [-0.4, -0.2) is 43.5 Å². The summed E-state index contributed by atoms with van der Waals surface area (Å²) in [5.74, 6) is 0.912. The molecule has 0 saturated carbocycles. The fraction of sp³-hybridized carbons (Fsp3) is 0.611. The van der Waals surface area contributed by atoms with Crippen molar-refractivity contribution in [1.29, 1.82) is 0 Å². The first-order chi connectivity index (χ1) is 10.9. The molecule has 23 heavy (non-hydrogen) atoms. The number of nitrogens with zero attached hydrogens (tertiary/aromatic N) is 1. The molecular formula is C18H27NO4. The number of para-hydroxylation sites is 1. The van der Waals surface area contributed by atoms with E-state index >= 15 is 0 Å². The number of carbonyl (C=O) groups is 1. The molecule has 0 N–H and O–H groups in total. The van der Waals surface area contributed by atoms with Crippen molar-refractivity contribution in [2.75, 3.05) is 26.9 Å². The van der Waals surface area contributed by atoms with Gasteiger partial charge in [0.25, 0.3) is 0 Å². The van der Waals surface area contributed by atoms with Crippen LogP contribution in [0.3, 0.4) is 0 Å². The van der Waals surface area contributed by atoms with E-state index in [1.165, 1.54) is 5.56 Å². The van der Waals surface area contributed by atoms with Crippen molar-refractivity contribution in [1.82, 2.24) is 4.90 Å². The van der Waals surface area contributed by atoms with Gasteiger partial charge in [-0.25, -0.2) is 4.79 Å². The Morgan fingerprint density at radius 3 is 2.83 bits per heavy atom. The van der Waals surface area contributed by atoms with E-state index < -0.39 is 5.60 Å². The van der Waals surface area contributed by atoms with Crippen molar-refractivity contribution in [2.24, 2.45) is 0 Å². The van der Waals surface area contributed by atoms with Crippen molar-refractivity contribution in [3.63, 3.8) is 0 Å². The zero-order valence-electron chi connectivity index (χ0n) is 14.6. The van der Waals surface area contributed by atoms with Crippen LogP contribution in [0.4, 0.5) is 4.79 Å². The molecule has 1 amide bonds. The van der Waals surface area contributed by atoms with Gasteiger partial charge in [0, 0.05) is 19.3 Å². The minimum Gasteiger partial charge on any atom is -0.491 e. The zero-order chi connectivity index (χ0) is 16.9. The Morgan fingerprint density at radius 1 is 1.35 bits per heavy atom. The van der Waals surface area contributed by atoms with Crippen molar-refractivity contribution in [3.8, 4) is 5.75 Å². The Labute approximate surface area is 138 Å². The molecular weight excluding hydrogens is 294 g/mol. The molecule has 0 spiro atoms. The van der Waals surface area contributed by atoms with Gasteiger partial charge in [0.05, 0.1) is 13.1 Å². The maximum Gasteiger partial charge on any atom is 0.410 e. The Morgan fingerprint density at radius 2 is 2.13 bits per heavy atom. The van der Waals surface area contributed by atoms with E-state index in [1.807, 2.05) is 32.9 Å². The molecule has 1 heterocycles. The first kappa shape index (κ1) is 17.6. The standard InChI is InChI=1S/C18H27NO4/c1-18(2,3)23-17(20)19-10-12-22-16-14(9-6-11-21-4)7-5-8-15(16)13-19/h5,7-8H,6,9-13H2,1-4H3. The van der Waals surface area contributed by atoms with Gasteiger partial charge in [-0.3, -0.25) is 0 Å². The summed E-state index contributed by atoms with van der Waals surface area (Å²) in [6, 6.07) is 6.11. The molecule has 1 aliphatic heterocycles. The molecule has 5 heteroatoms. The van der Waals surface area contributed by atoms with Gasteiger partial charge >= 0.3 is 6.09 Å². The first-order valence-corrected chi connectivity index (χ1v) is 8.11. The molecule has 0 fully saturated rings. The van der Waals surface area contributed by atoms with Gasteiger partial charge in [0.1, 0.15) is 18.0 Å². The number of rotatable bonds is 4. The van der Waals surface area contributed by atoms with E-state index in [0.717, 1.165) is 30.8 Å². The predicted octanol–water partition coefficient (Wildman–Crippen LogP) is 3.40. The molecule has 128 valence electrons. The number of hydrogen-bond acceptors (Lipinski definition) is 4. The average molecular weight is 321 g/mol. The quantitative estimate of drug-likeness (QED) is 0.798. The summed E-state index contributed by atoms with van der Waals surface area (Å²) in [5, 5.41) is 0. The number of aryl methyl sites for hydroxylation is 1. The number of methoxy groups -OCH3 is 1. The number of ether oxygens (including phenoxy) is 3. The number of benzene rings is 1. The second kappa shape index (κ2) is 7.68. The van der Waals surface area contributed by atoms with Gasteiger partial charge in [-0.15, -0.1) is 0 Å². The molecule has 0 unspecified atom stereocenters. The maximum absolute atomic E-state index is 12.3. The van der Waals surface area contributed by atoms with Gasteiger partial charge in [-0.2, -0.15) is 0 Å². The lowest BCUT2D eigenvalue weighted by atomic mass is 10.0. The zero-order valence-corrected chi connectivity index (χ0v) is 14.6. The summed E-state index contributed by atoms with van der Waals surface area (Å²) >= 11 is 0. The lowest BCUT2D eigenvalue weighted by molar-refractivity contribution is 0.0225. The average Bonchev–Trinajstić information content (AvgIpc) is 2.68. The maximum atomic E-state index is 12.3. The third-order valence-corrected chi connectivity index (χ3v) is 3.59. The molecule has 0 aromatic heterocycles. The van der Waals surface area contributed by atoms with E-state index in [4.69, 9.17) is 14.2 Å². The smallest absolute Gasteiger partial charge is 0.410 e. The number of amides is 1. The molecule has 1 aromatic rings. The second-order valence-corrected chi connectivity index (χ2v) is 6.75. The highest BCUT2D eigenvalue weighted by Gasteiger charge is 2.25. The van der Waals surface area contributed by atoms with E-state index in [0.29, 0.717) is 19.7 Å². The number of fused-ring (bicyclic) bond motifs is 1. The Balaban J connectivity index is 2.11. The third kappa shape index (κ3) is 5.13. The van der Waals surface area contributed by atoms with Crippen LogP contribution in [0.25, 0.3) is 0 Å². The monoisotopic (exact) mass is 321 g/mol. The summed E-state index contributed by atoms with van der Waals surface area (Å²) in [7, 11) is 1.71. The summed E-state index contributed by atoms with van der Waals surface area (Å²) in [4.78, 5) is 14.0. The lowest BCUT2D eigenvalue weighted by Crippen LogP contribution is -2.37. The van der Waals surface area contributed by atoms with Crippen LogP contribution in [-0.2, 0) is 22.4 Å². The van der Waals surface area contributed by atoms with Crippen LogP contribution in [0.1, 0.15) is 38.3 Å². The van der Waals surface area contributed by atoms with Crippen molar-refractivity contribution in [2.45, 2.75) is 45.8 Å². The van der Waals surface area contributed by atoms with Crippen LogP contribution < -0.4 is 4.74 Å². The van der Waals surface area contributed by atoms with Gasteiger partial charge in [0.2, 0.25) is 0 Å². The summed E-state index contributed by atoms with van der Waals surface area (Å²) in [5.41, 5.74) is 1.71. The van der Waals surface area contributed by atoms with Crippen molar-refractivity contribution in [3.05, 3.63) is 29.3 Å². The highest BCUT2D eigenvalue weighted by atomic mass is 16.6. The van der Waals surface area contributed by atoms with E-state index in [2.05, 4.69) is 6.07 Å². The fourth-order valence-electron chi connectivity index (χ4n) is 2.58.